The van der Waals surface area contributed by atoms with Crippen LogP contribution in [-0.2, 0) is 15.7 Å². The second-order valence-corrected chi connectivity index (χ2v) is 4.64. The van der Waals surface area contributed by atoms with Crippen LogP contribution in [0, 0.1) is 0 Å². The highest BCUT2D eigenvalue weighted by Crippen LogP contribution is 2.36. The SMILES string of the molecule is C=C(C(=O)OC(C)CC)C(O)c1ccccc1C(F)(F)F. The summed E-state index contributed by atoms with van der Waals surface area (Å²) in [6, 6.07) is 4.50. The van der Waals surface area contributed by atoms with E-state index in [1.54, 1.807) is 13.8 Å². The summed E-state index contributed by atoms with van der Waals surface area (Å²) in [6.07, 6.45) is -6.24. The van der Waals surface area contributed by atoms with E-state index in [-0.39, 0.29) is 0 Å². The Kier molecular flexibility index (Phi) is 5.54. The summed E-state index contributed by atoms with van der Waals surface area (Å²) in [6.45, 7) is 6.78. The molecule has 0 radical (unpaired) electrons. The molecule has 0 saturated carbocycles. The summed E-state index contributed by atoms with van der Waals surface area (Å²) in [4.78, 5) is 11.7. The molecular weight excluding hydrogens is 285 g/mol. The third-order valence-electron chi connectivity index (χ3n) is 3.04. The Morgan fingerprint density at radius 2 is 1.95 bits per heavy atom. The standard InChI is InChI=1S/C15H17F3O3/c1-4-9(2)21-14(20)10(3)13(19)11-7-5-6-8-12(11)15(16,17)18/h5-9,13,19H,3-4H2,1-2H3. The lowest BCUT2D eigenvalue weighted by atomic mass is 9.97. The quantitative estimate of drug-likeness (QED) is 0.667. The van der Waals surface area contributed by atoms with Crippen molar-refractivity contribution in [1.29, 1.82) is 0 Å². The molecule has 1 aromatic carbocycles. The van der Waals surface area contributed by atoms with Crippen LogP contribution in [0.25, 0.3) is 0 Å². The average Bonchev–Trinajstić information content (AvgIpc) is 2.44. The van der Waals surface area contributed by atoms with E-state index in [2.05, 4.69) is 6.58 Å². The zero-order valence-corrected chi connectivity index (χ0v) is 11.8. The van der Waals surface area contributed by atoms with E-state index in [1.807, 2.05) is 0 Å². The fourth-order valence-electron chi connectivity index (χ4n) is 1.63. The minimum Gasteiger partial charge on any atom is -0.459 e. The van der Waals surface area contributed by atoms with Crippen molar-refractivity contribution in [3.8, 4) is 0 Å². The third-order valence-corrected chi connectivity index (χ3v) is 3.04. The normalized spacial score (nSPS) is 14.4. The summed E-state index contributed by atoms with van der Waals surface area (Å²) in [5.74, 6) is -0.908. The maximum atomic E-state index is 12.9. The maximum Gasteiger partial charge on any atom is 0.416 e. The zero-order chi connectivity index (χ0) is 16.2. The van der Waals surface area contributed by atoms with Crippen LogP contribution in [0.5, 0.6) is 0 Å². The molecule has 0 aromatic heterocycles. The van der Waals surface area contributed by atoms with Crippen LogP contribution < -0.4 is 0 Å². The number of carbonyl (C=O) groups is 1. The van der Waals surface area contributed by atoms with Crippen molar-refractivity contribution in [2.75, 3.05) is 0 Å². The Bertz CT molecular complexity index is 523. The van der Waals surface area contributed by atoms with E-state index < -0.39 is 41.1 Å². The summed E-state index contributed by atoms with van der Waals surface area (Å²) in [5.41, 5.74) is -1.85. The number of alkyl halides is 3. The van der Waals surface area contributed by atoms with Gasteiger partial charge in [0, 0.05) is 0 Å². The highest BCUT2D eigenvalue weighted by molar-refractivity contribution is 5.89. The van der Waals surface area contributed by atoms with Crippen LogP contribution in [0.15, 0.2) is 36.4 Å². The smallest absolute Gasteiger partial charge is 0.416 e. The molecule has 0 spiro atoms. The number of aliphatic hydroxyl groups excluding tert-OH is 1. The van der Waals surface area contributed by atoms with Crippen molar-refractivity contribution >= 4 is 5.97 Å². The zero-order valence-electron chi connectivity index (χ0n) is 11.8. The van der Waals surface area contributed by atoms with Gasteiger partial charge in [-0.05, 0) is 25.0 Å². The van der Waals surface area contributed by atoms with Gasteiger partial charge in [0.1, 0.15) is 6.10 Å². The fraction of sp³-hybridized carbons (Fsp3) is 0.400. The third kappa shape index (κ3) is 4.32. The molecule has 3 nitrogen and oxygen atoms in total. The summed E-state index contributed by atoms with van der Waals surface area (Å²) >= 11 is 0. The number of carbonyl (C=O) groups excluding carboxylic acids is 1. The van der Waals surface area contributed by atoms with Gasteiger partial charge < -0.3 is 9.84 Å². The fourth-order valence-corrected chi connectivity index (χ4v) is 1.63. The number of benzene rings is 1. The van der Waals surface area contributed by atoms with Crippen LogP contribution >= 0.6 is 0 Å². The monoisotopic (exact) mass is 302 g/mol. The molecule has 0 fully saturated rings. The van der Waals surface area contributed by atoms with E-state index in [9.17, 15) is 23.1 Å². The van der Waals surface area contributed by atoms with Gasteiger partial charge in [-0.3, -0.25) is 0 Å². The topological polar surface area (TPSA) is 46.5 Å². The van der Waals surface area contributed by atoms with Crippen molar-refractivity contribution in [2.45, 2.75) is 38.7 Å². The lowest BCUT2D eigenvalue weighted by Crippen LogP contribution is -2.20. The number of hydrogen-bond acceptors (Lipinski definition) is 3. The largest absolute Gasteiger partial charge is 0.459 e. The van der Waals surface area contributed by atoms with Crippen molar-refractivity contribution in [2.24, 2.45) is 0 Å². The Morgan fingerprint density at radius 3 is 2.48 bits per heavy atom. The Morgan fingerprint density at radius 1 is 1.38 bits per heavy atom. The van der Waals surface area contributed by atoms with Crippen LogP contribution in [0.3, 0.4) is 0 Å². The van der Waals surface area contributed by atoms with Gasteiger partial charge in [-0.1, -0.05) is 31.7 Å². The molecule has 0 bridgehead atoms. The molecule has 2 atom stereocenters. The minimum atomic E-state index is -4.63. The first kappa shape index (κ1) is 17.2. The molecule has 1 N–H and O–H groups in total. The molecule has 1 rings (SSSR count). The van der Waals surface area contributed by atoms with E-state index >= 15 is 0 Å². The van der Waals surface area contributed by atoms with Gasteiger partial charge in [0.05, 0.1) is 17.2 Å². The number of halogens is 3. The molecule has 2 unspecified atom stereocenters. The van der Waals surface area contributed by atoms with Gasteiger partial charge in [-0.25, -0.2) is 4.79 Å². The van der Waals surface area contributed by atoms with Gasteiger partial charge in [0.2, 0.25) is 0 Å². The highest BCUT2D eigenvalue weighted by Gasteiger charge is 2.36. The molecule has 0 aliphatic rings. The van der Waals surface area contributed by atoms with Crippen LogP contribution in [-0.4, -0.2) is 17.2 Å². The van der Waals surface area contributed by atoms with E-state index in [4.69, 9.17) is 4.74 Å². The summed E-state index contributed by atoms with van der Waals surface area (Å²) in [5, 5.41) is 9.99. The minimum absolute atomic E-state index is 0.403. The molecule has 116 valence electrons. The number of ether oxygens (including phenoxy) is 1. The first-order valence-electron chi connectivity index (χ1n) is 6.42. The van der Waals surface area contributed by atoms with Gasteiger partial charge in [0.25, 0.3) is 0 Å². The molecule has 21 heavy (non-hydrogen) atoms. The van der Waals surface area contributed by atoms with Crippen molar-refractivity contribution in [1.82, 2.24) is 0 Å². The van der Waals surface area contributed by atoms with Crippen molar-refractivity contribution in [3.05, 3.63) is 47.5 Å². The van der Waals surface area contributed by atoms with Gasteiger partial charge in [-0.15, -0.1) is 0 Å². The predicted molar refractivity (Wildman–Crippen MR) is 71.4 cm³/mol. The summed E-state index contributed by atoms with van der Waals surface area (Å²) in [7, 11) is 0. The van der Waals surface area contributed by atoms with Gasteiger partial charge in [0.15, 0.2) is 0 Å². The highest BCUT2D eigenvalue weighted by atomic mass is 19.4. The second kappa shape index (κ2) is 6.76. The van der Waals surface area contributed by atoms with Crippen LogP contribution in [0.2, 0.25) is 0 Å². The lowest BCUT2D eigenvalue weighted by molar-refractivity contribution is -0.146. The Balaban J connectivity index is 3.01. The van der Waals surface area contributed by atoms with E-state index in [0.29, 0.717) is 6.42 Å². The summed E-state index contributed by atoms with van der Waals surface area (Å²) < 4.78 is 43.6. The van der Waals surface area contributed by atoms with Crippen LogP contribution in [0.1, 0.15) is 37.5 Å². The van der Waals surface area contributed by atoms with Crippen LogP contribution in [0.4, 0.5) is 13.2 Å². The van der Waals surface area contributed by atoms with Gasteiger partial charge in [-0.2, -0.15) is 13.2 Å². The molecular formula is C15H17F3O3. The van der Waals surface area contributed by atoms with E-state index in [0.717, 1.165) is 12.1 Å². The number of aliphatic hydroxyl groups is 1. The Hall–Kier alpha value is -1.82. The lowest BCUT2D eigenvalue weighted by Gasteiger charge is -2.19. The molecule has 0 amide bonds. The molecule has 0 aliphatic heterocycles. The van der Waals surface area contributed by atoms with Crippen molar-refractivity contribution < 1.29 is 27.8 Å². The number of rotatable bonds is 5. The number of hydrogen-bond donors (Lipinski definition) is 1. The predicted octanol–water partition coefficient (Wildman–Crippen LogP) is 3.64. The molecule has 6 heteroatoms. The second-order valence-electron chi connectivity index (χ2n) is 4.64. The first-order chi connectivity index (χ1) is 9.68. The Labute approximate surface area is 121 Å². The molecule has 0 heterocycles. The first-order valence-corrected chi connectivity index (χ1v) is 6.42. The number of esters is 1. The van der Waals surface area contributed by atoms with Crippen molar-refractivity contribution in [3.63, 3.8) is 0 Å². The molecule has 0 saturated heterocycles. The average molecular weight is 302 g/mol. The van der Waals surface area contributed by atoms with Gasteiger partial charge >= 0.3 is 12.1 Å². The maximum absolute atomic E-state index is 12.9. The molecule has 0 aliphatic carbocycles. The van der Waals surface area contributed by atoms with E-state index in [1.165, 1.54) is 12.1 Å². The molecule has 1 aromatic rings.